The van der Waals surface area contributed by atoms with Crippen molar-refractivity contribution in [2.45, 2.75) is 51.6 Å². The average molecular weight is 184 g/mol. The third-order valence-electron chi connectivity index (χ3n) is 2.85. The molecule has 0 spiro atoms. The van der Waals surface area contributed by atoms with Gasteiger partial charge in [0.05, 0.1) is 6.04 Å². The van der Waals surface area contributed by atoms with Gasteiger partial charge in [0.15, 0.2) is 0 Å². The molecule has 1 aliphatic carbocycles. The molecular weight excluding hydrogens is 164 g/mol. The van der Waals surface area contributed by atoms with E-state index in [4.69, 9.17) is 5.73 Å². The van der Waals surface area contributed by atoms with Crippen LogP contribution < -0.4 is 11.1 Å². The Balaban J connectivity index is 2.38. The van der Waals surface area contributed by atoms with Crippen LogP contribution in [0, 0.1) is 5.92 Å². The number of nitrogens with two attached hydrogens (primary N) is 1. The van der Waals surface area contributed by atoms with Crippen LogP contribution in [-0.2, 0) is 4.79 Å². The summed E-state index contributed by atoms with van der Waals surface area (Å²) in [5.41, 5.74) is 5.49. The van der Waals surface area contributed by atoms with Crippen LogP contribution in [-0.4, -0.2) is 18.0 Å². The van der Waals surface area contributed by atoms with Gasteiger partial charge in [-0.1, -0.05) is 19.8 Å². The molecule has 0 radical (unpaired) electrons. The molecule has 13 heavy (non-hydrogen) atoms. The zero-order chi connectivity index (χ0) is 9.84. The van der Waals surface area contributed by atoms with Crippen molar-refractivity contribution in [3.8, 4) is 0 Å². The van der Waals surface area contributed by atoms with Crippen LogP contribution >= 0.6 is 0 Å². The lowest BCUT2D eigenvalue weighted by atomic mass is 9.86. The number of amides is 1. The maximum absolute atomic E-state index is 11.3. The van der Waals surface area contributed by atoms with Gasteiger partial charge < -0.3 is 11.1 Å². The molecule has 1 amide bonds. The Hall–Kier alpha value is -0.570. The second kappa shape index (κ2) is 4.61. The molecule has 2 unspecified atom stereocenters. The fourth-order valence-electron chi connectivity index (χ4n) is 1.84. The predicted octanol–water partition coefficient (Wildman–Crippen LogP) is 1.03. The number of nitrogens with one attached hydrogen (secondary N) is 1. The SMILES string of the molecule is CC1CCCCC1NC(=O)[C@H](C)N. The monoisotopic (exact) mass is 184 g/mol. The highest BCUT2D eigenvalue weighted by molar-refractivity contribution is 5.81. The first-order chi connectivity index (χ1) is 6.11. The Labute approximate surface area is 80.1 Å². The van der Waals surface area contributed by atoms with Gasteiger partial charge in [-0.05, 0) is 25.7 Å². The Morgan fingerprint density at radius 2 is 2.08 bits per heavy atom. The Bertz CT molecular complexity index is 180. The molecule has 0 aromatic heterocycles. The van der Waals surface area contributed by atoms with Crippen LogP contribution in [0.25, 0.3) is 0 Å². The van der Waals surface area contributed by atoms with Crippen LogP contribution in [0.2, 0.25) is 0 Å². The number of carbonyl (C=O) groups is 1. The molecule has 3 N–H and O–H groups in total. The summed E-state index contributed by atoms with van der Waals surface area (Å²) in [7, 11) is 0. The normalized spacial score (nSPS) is 31.0. The number of hydrogen-bond acceptors (Lipinski definition) is 2. The van der Waals surface area contributed by atoms with Crippen LogP contribution in [0.1, 0.15) is 39.5 Å². The van der Waals surface area contributed by atoms with E-state index in [2.05, 4.69) is 12.2 Å². The average Bonchev–Trinajstić information content (AvgIpc) is 2.08. The quantitative estimate of drug-likeness (QED) is 0.673. The molecule has 0 heterocycles. The summed E-state index contributed by atoms with van der Waals surface area (Å²) in [6.45, 7) is 3.92. The van der Waals surface area contributed by atoms with Crippen molar-refractivity contribution in [3.63, 3.8) is 0 Å². The molecule has 0 bridgehead atoms. The van der Waals surface area contributed by atoms with E-state index in [0.717, 1.165) is 6.42 Å². The highest BCUT2D eigenvalue weighted by atomic mass is 16.2. The minimum absolute atomic E-state index is 0.0150. The van der Waals surface area contributed by atoms with E-state index in [-0.39, 0.29) is 11.9 Å². The first-order valence-corrected chi connectivity index (χ1v) is 5.17. The maximum atomic E-state index is 11.3. The molecule has 1 aliphatic rings. The highest BCUT2D eigenvalue weighted by Gasteiger charge is 2.23. The van der Waals surface area contributed by atoms with Gasteiger partial charge in [0.2, 0.25) is 5.91 Å². The molecule has 1 fully saturated rings. The van der Waals surface area contributed by atoms with E-state index < -0.39 is 0 Å². The summed E-state index contributed by atoms with van der Waals surface area (Å²) in [5.74, 6) is 0.593. The summed E-state index contributed by atoms with van der Waals surface area (Å²) in [4.78, 5) is 11.3. The second-order valence-corrected chi connectivity index (χ2v) is 4.17. The lowest BCUT2D eigenvalue weighted by Crippen LogP contribution is -2.47. The van der Waals surface area contributed by atoms with E-state index in [9.17, 15) is 4.79 Å². The number of rotatable bonds is 2. The number of carbonyl (C=O) groups excluding carboxylic acids is 1. The Kier molecular flexibility index (Phi) is 3.72. The van der Waals surface area contributed by atoms with Crippen LogP contribution in [0.4, 0.5) is 0 Å². The Morgan fingerprint density at radius 1 is 1.46 bits per heavy atom. The van der Waals surface area contributed by atoms with Crippen molar-refractivity contribution in [2.75, 3.05) is 0 Å². The van der Waals surface area contributed by atoms with Gasteiger partial charge in [0.25, 0.3) is 0 Å². The molecule has 0 aliphatic heterocycles. The van der Waals surface area contributed by atoms with E-state index in [1.54, 1.807) is 6.92 Å². The first-order valence-electron chi connectivity index (χ1n) is 5.17. The van der Waals surface area contributed by atoms with Crippen LogP contribution in [0.3, 0.4) is 0 Å². The summed E-state index contributed by atoms with van der Waals surface area (Å²) in [5, 5.41) is 3.00. The highest BCUT2D eigenvalue weighted by Crippen LogP contribution is 2.23. The van der Waals surface area contributed by atoms with Crippen molar-refractivity contribution in [1.29, 1.82) is 0 Å². The largest absolute Gasteiger partial charge is 0.352 e. The summed E-state index contributed by atoms with van der Waals surface area (Å²) in [6, 6.07) is -0.0265. The smallest absolute Gasteiger partial charge is 0.236 e. The number of hydrogen-bond donors (Lipinski definition) is 2. The topological polar surface area (TPSA) is 55.1 Å². The van der Waals surface area contributed by atoms with Gasteiger partial charge >= 0.3 is 0 Å². The first kappa shape index (κ1) is 10.5. The van der Waals surface area contributed by atoms with Crippen LogP contribution in [0.15, 0.2) is 0 Å². The predicted molar refractivity (Wildman–Crippen MR) is 53.2 cm³/mol. The van der Waals surface area contributed by atoms with Gasteiger partial charge in [0, 0.05) is 6.04 Å². The summed E-state index contributed by atoms with van der Waals surface area (Å²) < 4.78 is 0. The molecule has 1 saturated carbocycles. The van der Waals surface area contributed by atoms with E-state index in [1.165, 1.54) is 19.3 Å². The van der Waals surface area contributed by atoms with E-state index in [1.807, 2.05) is 0 Å². The summed E-state index contributed by atoms with van der Waals surface area (Å²) >= 11 is 0. The van der Waals surface area contributed by atoms with Gasteiger partial charge in [-0.15, -0.1) is 0 Å². The molecule has 3 nitrogen and oxygen atoms in total. The van der Waals surface area contributed by atoms with Crippen molar-refractivity contribution < 1.29 is 4.79 Å². The van der Waals surface area contributed by atoms with Gasteiger partial charge in [-0.3, -0.25) is 4.79 Å². The lowest BCUT2D eigenvalue weighted by molar-refractivity contribution is -0.123. The summed E-state index contributed by atoms with van der Waals surface area (Å²) in [6.07, 6.45) is 4.86. The Morgan fingerprint density at radius 3 is 2.62 bits per heavy atom. The second-order valence-electron chi connectivity index (χ2n) is 4.17. The lowest BCUT2D eigenvalue weighted by Gasteiger charge is -2.30. The minimum atomic E-state index is -0.380. The van der Waals surface area contributed by atoms with Crippen molar-refractivity contribution >= 4 is 5.91 Å². The molecular formula is C10H20N2O. The molecule has 0 aromatic rings. The fraction of sp³-hybridized carbons (Fsp3) is 0.900. The third-order valence-corrected chi connectivity index (χ3v) is 2.85. The molecule has 76 valence electrons. The van der Waals surface area contributed by atoms with Crippen molar-refractivity contribution in [2.24, 2.45) is 11.7 Å². The van der Waals surface area contributed by atoms with Gasteiger partial charge in [-0.2, -0.15) is 0 Å². The van der Waals surface area contributed by atoms with Gasteiger partial charge in [-0.25, -0.2) is 0 Å². The zero-order valence-corrected chi connectivity index (χ0v) is 8.55. The minimum Gasteiger partial charge on any atom is -0.352 e. The molecule has 3 atom stereocenters. The van der Waals surface area contributed by atoms with Gasteiger partial charge in [0.1, 0.15) is 0 Å². The molecule has 0 aromatic carbocycles. The standard InChI is InChI=1S/C10H20N2O/c1-7-5-3-4-6-9(7)12-10(13)8(2)11/h7-9H,3-6,11H2,1-2H3,(H,12,13)/t7?,8-,9?/m0/s1. The van der Waals surface area contributed by atoms with E-state index in [0.29, 0.717) is 12.0 Å². The van der Waals surface area contributed by atoms with Crippen molar-refractivity contribution in [3.05, 3.63) is 0 Å². The fourth-order valence-corrected chi connectivity index (χ4v) is 1.84. The molecule has 0 saturated heterocycles. The van der Waals surface area contributed by atoms with E-state index >= 15 is 0 Å². The van der Waals surface area contributed by atoms with Crippen molar-refractivity contribution in [1.82, 2.24) is 5.32 Å². The van der Waals surface area contributed by atoms with Crippen LogP contribution in [0.5, 0.6) is 0 Å². The zero-order valence-electron chi connectivity index (χ0n) is 8.55. The maximum Gasteiger partial charge on any atom is 0.236 e. The molecule has 3 heteroatoms. The third kappa shape index (κ3) is 2.99. The molecule has 1 rings (SSSR count).